The maximum Gasteiger partial charge on any atom is 0.163 e. The van der Waals surface area contributed by atoms with E-state index in [2.05, 4.69) is 22.4 Å². The quantitative estimate of drug-likeness (QED) is 0.655. The largest absolute Gasteiger partial charge is 0.294 e. The van der Waals surface area contributed by atoms with Gasteiger partial charge in [0.1, 0.15) is 0 Å². The average molecular weight is 291 g/mol. The number of ketones is 1. The summed E-state index contributed by atoms with van der Waals surface area (Å²) >= 11 is 0. The highest BCUT2D eigenvalue weighted by Gasteiger charge is 2.08. The van der Waals surface area contributed by atoms with Crippen LogP contribution in [0.4, 0.5) is 0 Å². The molecular formula is C18H17N3O. The number of hydrogen-bond acceptors (Lipinski definition) is 3. The van der Waals surface area contributed by atoms with Crippen molar-refractivity contribution in [2.45, 2.75) is 19.4 Å². The average Bonchev–Trinajstić information content (AvgIpc) is 3.02. The first kappa shape index (κ1) is 14.2. The summed E-state index contributed by atoms with van der Waals surface area (Å²) in [7, 11) is 0. The van der Waals surface area contributed by atoms with Crippen LogP contribution in [0.5, 0.6) is 0 Å². The molecule has 1 heterocycles. The van der Waals surface area contributed by atoms with Crippen LogP contribution in [0.25, 0.3) is 0 Å². The lowest BCUT2D eigenvalue weighted by molar-refractivity contribution is 0.0982. The van der Waals surface area contributed by atoms with Gasteiger partial charge in [0.25, 0.3) is 0 Å². The van der Waals surface area contributed by atoms with Crippen molar-refractivity contribution in [2.24, 2.45) is 0 Å². The van der Waals surface area contributed by atoms with Gasteiger partial charge in [-0.05, 0) is 5.56 Å². The Hall–Kier alpha value is -2.75. The standard InChI is InChI=1S/C18H17N3O/c22-18(16-9-5-2-6-10-16)12-11-17-14-21(20-19-17)13-15-7-3-1-4-8-15/h1-10,14H,11-13H2. The summed E-state index contributed by atoms with van der Waals surface area (Å²) in [5.41, 5.74) is 2.78. The summed E-state index contributed by atoms with van der Waals surface area (Å²) in [5, 5.41) is 8.26. The third-order valence-corrected chi connectivity index (χ3v) is 3.48. The molecule has 3 rings (SSSR count). The molecule has 0 N–H and O–H groups in total. The van der Waals surface area contributed by atoms with Crippen molar-refractivity contribution in [1.29, 1.82) is 0 Å². The molecule has 4 heteroatoms. The van der Waals surface area contributed by atoms with E-state index in [1.54, 1.807) is 4.68 Å². The van der Waals surface area contributed by atoms with Crippen molar-refractivity contribution in [2.75, 3.05) is 0 Å². The smallest absolute Gasteiger partial charge is 0.163 e. The van der Waals surface area contributed by atoms with Crippen molar-refractivity contribution < 1.29 is 4.79 Å². The lowest BCUT2D eigenvalue weighted by Gasteiger charge is -2.00. The van der Waals surface area contributed by atoms with E-state index in [0.717, 1.165) is 11.3 Å². The molecule has 0 unspecified atom stereocenters. The van der Waals surface area contributed by atoms with E-state index in [-0.39, 0.29) is 5.78 Å². The monoisotopic (exact) mass is 291 g/mol. The Labute approximate surface area is 129 Å². The van der Waals surface area contributed by atoms with E-state index in [4.69, 9.17) is 0 Å². The SMILES string of the molecule is O=C(CCc1cn(Cc2ccccc2)nn1)c1ccccc1. The van der Waals surface area contributed by atoms with Gasteiger partial charge in [0.2, 0.25) is 0 Å². The topological polar surface area (TPSA) is 47.8 Å². The minimum Gasteiger partial charge on any atom is -0.294 e. The number of aromatic nitrogens is 3. The molecule has 3 aromatic rings. The minimum absolute atomic E-state index is 0.137. The fraction of sp³-hybridized carbons (Fsp3) is 0.167. The van der Waals surface area contributed by atoms with E-state index in [1.165, 1.54) is 5.56 Å². The molecule has 1 aromatic heterocycles. The number of benzene rings is 2. The molecule has 2 aromatic carbocycles. The van der Waals surface area contributed by atoms with Crippen LogP contribution in [0, 0.1) is 0 Å². The van der Waals surface area contributed by atoms with Crippen LogP contribution < -0.4 is 0 Å². The van der Waals surface area contributed by atoms with Crippen molar-refractivity contribution in [3.05, 3.63) is 83.7 Å². The highest BCUT2D eigenvalue weighted by atomic mass is 16.1. The van der Waals surface area contributed by atoms with Crippen molar-refractivity contribution >= 4 is 5.78 Å². The Morgan fingerprint density at radius 2 is 1.64 bits per heavy atom. The van der Waals surface area contributed by atoms with E-state index in [9.17, 15) is 4.79 Å². The number of carbonyl (C=O) groups excluding carboxylic acids is 1. The lowest BCUT2D eigenvalue weighted by Crippen LogP contribution is -2.01. The molecular weight excluding hydrogens is 274 g/mol. The number of nitrogens with zero attached hydrogens (tertiary/aromatic N) is 3. The van der Waals surface area contributed by atoms with E-state index >= 15 is 0 Å². The van der Waals surface area contributed by atoms with Crippen LogP contribution in [0.15, 0.2) is 66.9 Å². The zero-order valence-corrected chi connectivity index (χ0v) is 12.2. The first-order valence-corrected chi connectivity index (χ1v) is 7.32. The Bertz CT molecular complexity index is 735. The van der Waals surface area contributed by atoms with E-state index in [1.807, 2.05) is 54.7 Å². The molecule has 4 nitrogen and oxygen atoms in total. The van der Waals surface area contributed by atoms with Crippen LogP contribution in [0.3, 0.4) is 0 Å². The van der Waals surface area contributed by atoms with Gasteiger partial charge in [-0.2, -0.15) is 0 Å². The number of Topliss-reactive ketones (excluding diaryl/α,β-unsaturated/α-hetero) is 1. The molecule has 22 heavy (non-hydrogen) atoms. The Balaban J connectivity index is 1.57. The Kier molecular flexibility index (Phi) is 4.39. The second-order valence-corrected chi connectivity index (χ2v) is 5.18. The van der Waals surface area contributed by atoms with Gasteiger partial charge >= 0.3 is 0 Å². The third-order valence-electron chi connectivity index (χ3n) is 3.48. The molecule has 0 atom stereocenters. The number of hydrogen-bond donors (Lipinski definition) is 0. The zero-order chi connectivity index (χ0) is 15.2. The molecule has 0 fully saturated rings. The minimum atomic E-state index is 0.137. The molecule has 0 radical (unpaired) electrons. The molecule has 110 valence electrons. The Morgan fingerprint density at radius 3 is 2.36 bits per heavy atom. The van der Waals surface area contributed by atoms with Crippen LogP contribution in [0.2, 0.25) is 0 Å². The first-order valence-electron chi connectivity index (χ1n) is 7.32. The number of carbonyl (C=O) groups is 1. The van der Waals surface area contributed by atoms with E-state index < -0.39 is 0 Å². The Morgan fingerprint density at radius 1 is 0.955 bits per heavy atom. The molecule has 0 spiro atoms. The fourth-order valence-corrected chi connectivity index (χ4v) is 2.31. The second kappa shape index (κ2) is 6.80. The highest BCUT2D eigenvalue weighted by molar-refractivity contribution is 5.96. The molecule has 0 bridgehead atoms. The van der Waals surface area contributed by atoms with Crippen LogP contribution in [0.1, 0.15) is 28.0 Å². The molecule has 0 aliphatic heterocycles. The zero-order valence-electron chi connectivity index (χ0n) is 12.2. The molecule has 0 saturated heterocycles. The lowest BCUT2D eigenvalue weighted by atomic mass is 10.1. The maximum absolute atomic E-state index is 12.1. The first-order chi connectivity index (χ1) is 10.8. The molecule has 0 amide bonds. The van der Waals surface area contributed by atoms with Gasteiger partial charge < -0.3 is 0 Å². The second-order valence-electron chi connectivity index (χ2n) is 5.18. The van der Waals surface area contributed by atoms with Gasteiger partial charge in [-0.1, -0.05) is 65.9 Å². The molecule has 0 saturated carbocycles. The van der Waals surface area contributed by atoms with Gasteiger partial charge in [0, 0.05) is 24.6 Å². The van der Waals surface area contributed by atoms with Crippen LogP contribution >= 0.6 is 0 Å². The summed E-state index contributed by atoms with van der Waals surface area (Å²) < 4.78 is 1.80. The predicted molar refractivity (Wildman–Crippen MR) is 84.7 cm³/mol. The number of rotatable bonds is 6. The van der Waals surface area contributed by atoms with Crippen molar-refractivity contribution in [1.82, 2.24) is 15.0 Å². The van der Waals surface area contributed by atoms with Crippen molar-refractivity contribution in [3.8, 4) is 0 Å². The summed E-state index contributed by atoms with van der Waals surface area (Å²) in [4.78, 5) is 12.1. The van der Waals surface area contributed by atoms with Gasteiger partial charge in [-0.25, -0.2) is 4.68 Å². The summed E-state index contributed by atoms with van der Waals surface area (Å²) in [6.07, 6.45) is 2.97. The summed E-state index contributed by atoms with van der Waals surface area (Å²) in [6, 6.07) is 19.5. The van der Waals surface area contributed by atoms with Gasteiger partial charge in [0.05, 0.1) is 12.2 Å². The third kappa shape index (κ3) is 3.67. The number of aryl methyl sites for hydroxylation is 1. The predicted octanol–water partition coefficient (Wildman–Crippen LogP) is 3.14. The normalized spacial score (nSPS) is 10.5. The van der Waals surface area contributed by atoms with Gasteiger partial charge in [-0.15, -0.1) is 5.10 Å². The maximum atomic E-state index is 12.1. The van der Waals surface area contributed by atoms with E-state index in [0.29, 0.717) is 19.4 Å². The van der Waals surface area contributed by atoms with Crippen LogP contribution in [-0.4, -0.2) is 20.8 Å². The fourth-order valence-electron chi connectivity index (χ4n) is 2.31. The van der Waals surface area contributed by atoms with Crippen molar-refractivity contribution in [3.63, 3.8) is 0 Å². The van der Waals surface area contributed by atoms with Gasteiger partial charge in [0.15, 0.2) is 5.78 Å². The summed E-state index contributed by atoms with van der Waals surface area (Å²) in [6.45, 7) is 0.695. The molecule has 0 aliphatic rings. The molecule has 0 aliphatic carbocycles. The highest BCUT2D eigenvalue weighted by Crippen LogP contribution is 2.07. The van der Waals surface area contributed by atoms with Gasteiger partial charge in [-0.3, -0.25) is 4.79 Å². The van der Waals surface area contributed by atoms with Crippen LogP contribution in [-0.2, 0) is 13.0 Å². The summed E-state index contributed by atoms with van der Waals surface area (Å²) in [5.74, 6) is 0.137.